The molecule has 0 bridgehead atoms. The first-order valence-corrected chi connectivity index (χ1v) is 17.5. The number of nitro benzene ring substituents is 2. The van der Waals surface area contributed by atoms with Crippen molar-refractivity contribution in [3.8, 4) is 56.1 Å². The monoisotopic (exact) mass is 702 g/mol. The average molecular weight is 703 g/mol. The fourth-order valence-electron chi connectivity index (χ4n) is 7.58. The summed E-state index contributed by atoms with van der Waals surface area (Å²) in [5.41, 5.74) is 11.3. The Kier molecular flexibility index (Phi) is 7.90. The van der Waals surface area contributed by atoms with E-state index in [1.807, 2.05) is 97.1 Å². The Balaban J connectivity index is 1.49. The highest BCUT2D eigenvalue weighted by Crippen LogP contribution is 2.49. The van der Waals surface area contributed by atoms with Crippen LogP contribution in [0.2, 0.25) is 0 Å². The molecular weight excluding hydrogens is 673 g/mol. The summed E-state index contributed by atoms with van der Waals surface area (Å²) in [6.45, 7) is 0. The number of nitrogens with zero attached hydrogens (tertiary/aromatic N) is 4. The van der Waals surface area contributed by atoms with E-state index in [0.29, 0.717) is 0 Å². The average Bonchev–Trinajstić information content (AvgIpc) is 3.74. The molecule has 9 rings (SSSR count). The fourth-order valence-corrected chi connectivity index (χ4v) is 7.58. The smallest absolute Gasteiger partial charge is 0.269 e. The van der Waals surface area contributed by atoms with E-state index in [1.54, 1.807) is 24.3 Å². The maximum absolute atomic E-state index is 11.7. The fraction of sp³-hybridized carbons (Fsp3) is 0. The van der Waals surface area contributed by atoms with Gasteiger partial charge in [0.05, 0.1) is 32.3 Å². The van der Waals surface area contributed by atoms with Gasteiger partial charge in [0.2, 0.25) is 0 Å². The standard InChI is InChI=1S/C46H30N4O4/c51-49(52)37-25-21-33(22-26-37)45-43(31-13-5-1-6-14-31)39-29-42-40(30-41(39)47(45)35-17-9-3-10-18-35)44(32-15-7-2-8-16-32)46(48(42)36-19-11-4-12-20-36)34-23-27-38(28-24-34)50(53)54/h1-30H. The molecule has 54 heavy (non-hydrogen) atoms. The lowest BCUT2D eigenvalue weighted by molar-refractivity contribution is -0.385. The normalized spacial score (nSPS) is 11.3. The van der Waals surface area contributed by atoms with E-state index in [9.17, 15) is 20.2 Å². The summed E-state index contributed by atoms with van der Waals surface area (Å²) >= 11 is 0. The van der Waals surface area contributed by atoms with Crippen LogP contribution in [0.1, 0.15) is 0 Å². The van der Waals surface area contributed by atoms with Crippen LogP contribution in [0.5, 0.6) is 0 Å². The first-order chi connectivity index (χ1) is 26.5. The molecule has 8 heteroatoms. The van der Waals surface area contributed by atoms with Gasteiger partial charge in [0.25, 0.3) is 11.4 Å². The molecule has 0 radical (unpaired) electrons. The molecule has 0 saturated heterocycles. The molecule has 0 aliphatic rings. The molecular formula is C46H30N4O4. The van der Waals surface area contributed by atoms with Gasteiger partial charge in [0.1, 0.15) is 0 Å². The molecule has 0 spiro atoms. The molecule has 2 heterocycles. The van der Waals surface area contributed by atoms with Crippen molar-refractivity contribution in [2.24, 2.45) is 0 Å². The van der Waals surface area contributed by atoms with Gasteiger partial charge in [0, 0.05) is 57.5 Å². The number of benzene rings is 7. The van der Waals surface area contributed by atoms with Crippen molar-refractivity contribution in [1.29, 1.82) is 0 Å². The minimum atomic E-state index is -0.378. The van der Waals surface area contributed by atoms with E-state index in [2.05, 4.69) is 69.8 Å². The zero-order chi connectivity index (χ0) is 36.8. The molecule has 0 aliphatic carbocycles. The van der Waals surface area contributed by atoms with E-state index < -0.39 is 0 Å². The summed E-state index contributed by atoms with van der Waals surface area (Å²) in [4.78, 5) is 22.7. The third-order valence-electron chi connectivity index (χ3n) is 9.91. The number of aromatic nitrogens is 2. The minimum Gasteiger partial charge on any atom is -0.309 e. The molecule has 0 amide bonds. The lowest BCUT2D eigenvalue weighted by Crippen LogP contribution is -1.98. The van der Waals surface area contributed by atoms with Gasteiger partial charge in [-0.3, -0.25) is 20.2 Å². The van der Waals surface area contributed by atoms with Gasteiger partial charge >= 0.3 is 0 Å². The minimum absolute atomic E-state index is 0.0243. The quantitative estimate of drug-likeness (QED) is 0.116. The van der Waals surface area contributed by atoms with Crippen LogP contribution in [-0.2, 0) is 0 Å². The van der Waals surface area contributed by atoms with Crippen molar-refractivity contribution >= 4 is 33.2 Å². The van der Waals surface area contributed by atoms with Gasteiger partial charge in [-0.2, -0.15) is 0 Å². The predicted octanol–water partition coefficient (Wildman–Crippen LogP) is 12.1. The van der Waals surface area contributed by atoms with Crippen molar-refractivity contribution in [3.05, 3.63) is 202 Å². The number of nitro groups is 2. The summed E-state index contributed by atoms with van der Waals surface area (Å²) in [7, 11) is 0. The number of hydrogen-bond donors (Lipinski definition) is 0. The summed E-state index contributed by atoms with van der Waals surface area (Å²) in [5, 5.41) is 25.4. The molecule has 0 saturated carbocycles. The van der Waals surface area contributed by atoms with Crippen LogP contribution in [0, 0.1) is 20.2 Å². The molecule has 258 valence electrons. The van der Waals surface area contributed by atoms with Crippen LogP contribution < -0.4 is 0 Å². The highest BCUT2D eigenvalue weighted by molar-refractivity contribution is 6.15. The molecule has 0 aliphatic heterocycles. The maximum atomic E-state index is 11.7. The Morgan fingerprint density at radius 1 is 0.370 bits per heavy atom. The Hall–Kier alpha value is -7.58. The molecule has 0 unspecified atom stereocenters. The SMILES string of the molecule is O=[N+]([O-])c1ccc(-c2c(-c3ccccc3)c3cc4c(cc3n2-c2ccccc2)c(-c2ccccc2)c(-c2ccc([N+](=O)[O-])cc2)n4-c2ccccc2)cc1. The van der Waals surface area contributed by atoms with Gasteiger partial charge in [-0.15, -0.1) is 0 Å². The molecule has 8 nitrogen and oxygen atoms in total. The van der Waals surface area contributed by atoms with E-state index in [-0.39, 0.29) is 21.2 Å². The van der Waals surface area contributed by atoms with Gasteiger partial charge < -0.3 is 9.13 Å². The number of non-ortho nitro benzene ring substituents is 2. The molecule has 0 N–H and O–H groups in total. The van der Waals surface area contributed by atoms with E-state index in [4.69, 9.17) is 0 Å². The molecule has 7 aromatic carbocycles. The highest BCUT2D eigenvalue weighted by Gasteiger charge is 2.27. The van der Waals surface area contributed by atoms with Crippen molar-refractivity contribution in [3.63, 3.8) is 0 Å². The largest absolute Gasteiger partial charge is 0.309 e. The topological polar surface area (TPSA) is 96.1 Å². The van der Waals surface area contributed by atoms with E-state index in [0.717, 1.165) is 77.9 Å². The highest BCUT2D eigenvalue weighted by atomic mass is 16.6. The predicted molar refractivity (Wildman–Crippen MR) is 215 cm³/mol. The van der Waals surface area contributed by atoms with Gasteiger partial charge in [-0.25, -0.2) is 0 Å². The number of hydrogen-bond acceptors (Lipinski definition) is 4. The summed E-state index contributed by atoms with van der Waals surface area (Å²) in [6, 6.07) is 58.8. The Morgan fingerprint density at radius 3 is 1.00 bits per heavy atom. The molecule has 0 fully saturated rings. The van der Waals surface area contributed by atoms with Crippen molar-refractivity contribution in [2.75, 3.05) is 0 Å². The molecule has 0 atom stereocenters. The first kappa shape index (κ1) is 32.3. The van der Waals surface area contributed by atoms with Crippen molar-refractivity contribution in [2.45, 2.75) is 0 Å². The van der Waals surface area contributed by atoms with Gasteiger partial charge in [-0.1, -0.05) is 97.1 Å². The van der Waals surface area contributed by atoms with Crippen molar-refractivity contribution < 1.29 is 9.85 Å². The number of fused-ring (bicyclic) bond motifs is 2. The first-order valence-electron chi connectivity index (χ1n) is 17.5. The van der Waals surface area contributed by atoms with Gasteiger partial charge in [0.15, 0.2) is 0 Å². The Labute approximate surface area is 309 Å². The van der Waals surface area contributed by atoms with E-state index in [1.165, 1.54) is 0 Å². The zero-order valence-corrected chi connectivity index (χ0v) is 28.7. The third-order valence-corrected chi connectivity index (χ3v) is 9.91. The zero-order valence-electron chi connectivity index (χ0n) is 28.7. The van der Waals surface area contributed by atoms with Crippen molar-refractivity contribution in [1.82, 2.24) is 9.13 Å². The van der Waals surface area contributed by atoms with Crippen LogP contribution in [0.15, 0.2) is 182 Å². The van der Waals surface area contributed by atoms with Crippen LogP contribution in [0.3, 0.4) is 0 Å². The van der Waals surface area contributed by atoms with Crippen LogP contribution >= 0.6 is 0 Å². The lowest BCUT2D eigenvalue weighted by Gasteiger charge is -2.14. The third kappa shape index (κ3) is 5.41. The number of rotatable bonds is 8. The second kappa shape index (κ2) is 13.2. The second-order valence-corrected chi connectivity index (χ2v) is 13.0. The Bertz CT molecular complexity index is 2500. The molecule has 2 aromatic heterocycles. The summed E-state index contributed by atoms with van der Waals surface area (Å²) < 4.78 is 4.50. The van der Waals surface area contributed by atoms with E-state index >= 15 is 0 Å². The van der Waals surface area contributed by atoms with Gasteiger partial charge in [-0.05, 0) is 82.9 Å². The second-order valence-electron chi connectivity index (χ2n) is 13.0. The Morgan fingerprint density at radius 2 is 0.685 bits per heavy atom. The summed E-state index contributed by atoms with van der Waals surface area (Å²) in [5.74, 6) is 0. The lowest BCUT2D eigenvalue weighted by atomic mass is 9.96. The number of para-hydroxylation sites is 2. The van der Waals surface area contributed by atoms with Crippen LogP contribution in [0.4, 0.5) is 11.4 Å². The van der Waals surface area contributed by atoms with Crippen LogP contribution in [-0.4, -0.2) is 19.0 Å². The maximum Gasteiger partial charge on any atom is 0.269 e. The molecule has 9 aromatic rings. The summed E-state index contributed by atoms with van der Waals surface area (Å²) in [6.07, 6.45) is 0. The van der Waals surface area contributed by atoms with Crippen LogP contribution in [0.25, 0.3) is 77.9 Å².